The van der Waals surface area contributed by atoms with Gasteiger partial charge in [0.2, 0.25) is 11.0 Å². The highest BCUT2D eigenvalue weighted by atomic mass is 32.1. The minimum absolute atomic E-state index is 0.0303. The third-order valence-electron chi connectivity index (χ3n) is 1.33. The van der Waals surface area contributed by atoms with Crippen LogP contribution in [0.25, 0.3) is 0 Å². The van der Waals surface area contributed by atoms with Gasteiger partial charge in [-0.3, -0.25) is 4.79 Å². The van der Waals surface area contributed by atoms with Crippen molar-refractivity contribution in [3.63, 3.8) is 0 Å². The van der Waals surface area contributed by atoms with Crippen LogP contribution < -0.4 is 5.32 Å². The second-order valence-electron chi connectivity index (χ2n) is 2.50. The molecule has 1 amide bonds. The van der Waals surface area contributed by atoms with Gasteiger partial charge < -0.3 is 10.4 Å². The minimum atomic E-state index is -0.134. The highest BCUT2D eigenvalue weighted by Gasteiger charge is 2.04. The molecule has 6 heteroatoms. The largest absolute Gasteiger partial charge is 0.396 e. The Kier molecular flexibility index (Phi) is 3.78. The highest BCUT2D eigenvalue weighted by molar-refractivity contribution is 7.15. The van der Waals surface area contributed by atoms with E-state index in [9.17, 15) is 4.79 Å². The van der Waals surface area contributed by atoms with Crippen LogP contribution in [0, 0.1) is 6.92 Å². The van der Waals surface area contributed by atoms with Gasteiger partial charge >= 0.3 is 0 Å². The monoisotopic (exact) mass is 201 g/mol. The Labute approximate surface area is 79.8 Å². The quantitative estimate of drug-likeness (QED) is 0.746. The number of aromatic nitrogens is 2. The molecule has 0 bridgehead atoms. The van der Waals surface area contributed by atoms with E-state index in [4.69, 9.17) is 5.11 Å². The number of rotatable bonds is 4. The summed E-state index contributed by atoms with van der Waals surface area (Å²) in [6.07, 6.45) is 0.790. The lowest BCUT2D eigenvalue weighted by Crippen LogP contribution is -2.11. The van der Waals surface area contributed by atoms with E-state index >= 15 is 0 Å². The second kappa shape index (κ2) is 4.88. The third-order valence-corrected chi connectivity index (χ3v) is 2.09. The van der Waals surface area contributed by atoms with Crippen molar-refractivity contribution in [3.05, 3.63) is 5.01 Å². The minimum Gasteiger partial charge on any atom is -0.396 e. The molecule has 1 heterocycles. The molecular weight excluding hydrogens is 190 g/mol. The van der Waals surface area contributed by atoms with Gasteiger partial charge in [0.15, 0.2) is 0 Å². The number of nitrogens with zero attached hydrogens (tertiary/aromatic N) is 2. The Bertz CT molecular complexity index is 287. The van der Waals surface area contributed by atoms with Crippen LogP contribution >= 0.6 is 11.3 Å². The first kappa shape index (κ1) is 10.1. The number of carbonyl (C=O) groups is 1. The van der Waals surface area contributed by atoms with E-state index in [0.717, 1.165) is 5.01 Å². The highest BCUT2D eigenvalue weighted by Crippen LogP contribution is 2.13. The number of aryl methyl sites for hydroxylation is 1. The van der Waals surface area contributed by atoms with Crippen LogP contribution in [-0.4, -0.2) is 27.8 Å². The molecule has 1 aromatic rings. The van der Waals surface area contributed by atoms with Gasteiger partial charge in [-0.15, -0.1) is 10.2 Å². The van der Waals surface area contributed by atoms with Crippen molar-refractivity contribution >= 4 is 22.4 Å². The topological polar surface area (TPSA) is 75.1 Å². The molecule has 0 radical (unpaired) electrons. The Morgan fingerprint density at radius 3 is 2.92 bits per heavy atom. The van der Waals surface area contributed by atoms with Crippen molar-refractivity contribution in [3.8, 4) is 0 Å². The molecule has 1 aromatic heterocycles. The summed E-state index contributed by atoms with van der Waals surface area (Å²) >= 11 is 1.33. The molecule has 0 aliphatic rings. The van der Waals surface area contributed by atoms with Gasteiger partial charge in [0.1, 0.15) is 5.01 Å². The van der Waals surface area contributed by atoms with Gasteiger partial charge in [-0.05, 0) is 13.3 Å². The Morgan fingerprint density at radius 1 is 1.62 bits per heavy atom. The molecule has 0 saturated carbocycles. The van der Waals surface area contributed by atoms with E-state index < -0.39 is 0 Å². The zero-order chi connectivity index (χ0) is 9.68. The number of hydrogen-bond donors (Lipinski definition) is 2. The lowest BCUT2D eigenvalue weighted by molar-refractivity contribution is -0.116. The van der Waals surface area contributed by atoms with Crippen molar-refractivity contribution in [2.24, 2.45) is 0 Å². The van der Waals surface area contributed by atoms with Gasteiger partial charge in [-0.2, -0.15) is 0 Å². The molecule has 0 atom stereocenters. The number of amides is 1. The summed E-state index contributed by atoms with van der Waals surface area (Å²) in [6, 6.07) is 0. The smallest absolute Gasteiger partial charge is 0.226 e. The molecule has 0 unspecified atom stereocenters. The standard InChI is InChI=1S/C7H11N3O2S/c1-5-9-10-7(13-5)8-6(12)3-2-4-11/h11H,2-4H2,1H3,(H,8,10,12). The first-order valence-corrected chi connectivity index (χ1v) is 4.75. The summed E-state index contributed by atoms with van der Waals surface area (Å²) in [5, 5.41) is 19.9. The first-order valence-electron chi connectivity index (χ1n) is 3.93. The predicted molar refractivity (Wildman–Crippen MR) is 49.6 cm³/mol. The maximum atomic E-state index is 11.1. The maximum Gasteiger partial charge on any atom is 0.226 e. The molecule has 13 heavy (non-hydrogen) atoms. The first-order chi connectivity index (χ1) is 6.22. The Balaban J connectivity index is 2.36. The van der Waals surface area contributed by atoms with Crippen LogP contribution in [0.5, 0.6) is 0 Å². The molecular formula is C7H11N3O2S. The summed E-state index contributed by atoms with van der Waals surface area (Å²) in [5.41, 5.74) is 0. The zero-order valence-corrected chi connectivity index (χ0v) is 8.10. The fourth-order valence-corrected chi connectivity index (χ4v) is 1.38. The zero-order valence-electron chi connectivity index (χ0n) is 7.28. The van der Waals surface area contributed by atoms with E-state index in [1.54, 1.807) is 0 Å². The van der Waals surface area contributed by atoms with Crippen LogP contribution in [0.2, 0.25) is 0 Å². The van der Waals surface area contributed by atoms with E-state index in [-0.39, 0.29) is 12.5 Å². The lowest BCUT2D eigenvalue weighted by atomic mass is 10.3. The summed E-state index contributed by atoms with van der Waals surface area (Å²) in [4.78, 5) is 11.1. The van der Waals surface area contributed by atoms with Crippen LogP contribution in [-0.2, 0) is 4.79 Å². The second-order valence-corrected chi connectivity index (χ2v) is 3.68. The number of nitrogens with one attached hydrogen (secondary N) is 1. The molecule has 0 aliphatic heterocycles. The summed E-state index contributed by atoms with van der Waals surface area (Å²) in [5.74, 6) is -0.134. The predicted octanol–water partition coefficient (Wildman–Crippen LogP) is 0.558. The average Bonchev–Trinajstić information content (AvgIpc) is 2.48. The van der Waals surface area contributed by atoms with Crippen LogP contribution in [0.15, 0.2) is 0 Å². The van der Waals surface area contributed by atoms with E-state index in [1.165, 1.54) is 11.3 Å². The van der Waals surface area contributed by atoms with Gasteiger partial charge in [-0.25, -0.2) is 0 Å². The summed E-state index contributed by atoms with van der Waals surface area (Å²) in [6.45, 7) is 1.85. The molecule has 0 saturated heterocycles. The fraction of sp³-hybridized carbons (Fsp3) is 0.571. The molecule has 5 nitrogen and oxygen atoms in total. The van der Waals surface area contributed by atoms with E-state index in [0.29, 0.717) is 18.0 Å². The number of aliphatic hydroxyl groups is 1. The number of anilines is 1. The maximum absolute atomic E-state index is 11.1. The molecule has 0 fully saturated rings. The van der Waals surface area contributed by atoms with Crippen molar-refractivity contribution in [2.45, 2.75) is 19.8 Å². The molecule has 2 N–H and O–H groups in total. The molecule has 1 rings (SSSR count). The van der Waals surface area contributed by atoms with Crippen LogP contribution in [0.4, 0.5) is 5.13 Å². The van der Waals surface area contributed by atoms with Crippen molar-refractivity contribution in [1.29, 1.82) is 0 Å². The van der Waals surface area contributed by atoms with Crippen molar-refractivity contribution in [2.75, 3.05) is 11.9 Å². The number of hydrogen-bond acceptors (Lipinski definition) is 5. The van der Waals surface area contributed by atoms with Gasteiger partial charge in [0.25, 0.3) is 0 Å². The Morgan fingerprint density at radius 2 is 2.38 bits per heavy atom. The summed E-state index contributed by atoms with van der Waals surface area (Å²) < 4.78 is 0. The number of aliphatic hydroxyl groups excluding tert-OH is 1. The Hall–Kier alpha value is -1.01. The van der Waals surface area contributed by atoms with Crippen LogP contribution in [0.3, 0.4) is 0 Å². The van der Waals surface area contributed by atoms with E-state index in [2.05, 4.69) is 15.5 Å². The van der Waals surface area contributed by atoms with Gasteiger partial charge in [-0.1, -0.05) is 11.3 Å². The molecule has 0 aromatic carbocycles. The third kappa shape index (κ3) is 3.47. The van der Waals surface area contributed by atoms with E-state index in [1.807, 2.05) is 6.92 Å². The molecule has 72 valence electrons. The summed E-state index contributed by atoms with van der Waals surface area (Å²) in [7, 11) is 0. The van der Waals surface area contributed by atoms with Gasteiger partial charge in [0, 0.05) is 13.0 Å². The van der Waals surface area contributed by atoms with Gasteiger partial charge in [0.05, 0.1) is 0 Å². The number of carbonyl (C=O) groups excluding carboxylic acids is 1. The normalized spacial score (nSPS) is 10.0. The molecule has 0 aliphatic carbocycles. The SMILES string of the molecule is Cc1nnc(NC(=O)CCCO)s1. The fourth-order valence-electron chi connectivity index (χ4n) is 0.768. The van der Waals surface area contributed by atoms with Crippen molar-refractivity contribution in [1.82, 2.24) is 10.2 Å². The lowest BCUT2D eigenvalue weighted by Gasteiger charge is -1.97. The van der Waals surface area contributed by atoms with Crippen molar-refractivity contribution < 1.29 is 9.90 Å². The average molecular weight is 201 g/mol. The molecule has 0 spiro atoms. The van der Waals surface area contributed by atoms with Crippen LogP contribution in [0.1, 0.15) is 17.8 Å².